The van der Waals surface area contributed by atoms with Crippen LogP contribution in [0.5, 0.6) is 5.75 Å². The fraction of sp³-hybridized carbons (Fsp3) is 0.625. The molecule has 0 amide bonds. The van der Waals surface area contributed by atoms with Crippen LogP contribution in [0.3, 0.4) is 0 Å². The van der Waals surface area contributed by atoms with Crippen molar-refractivity contribution in [2.75, 3.05) is 24.5 Å². The summed E-state index contributed by atoms with van der Waals surface area (Å²) in [5.41, 5.74) is 1.02. The molecule has 0 unspecified atom stereocenters. The van der Waals surface area contributed by atoms with Gasteiger partial charge < -0.3 is 15.0 Å². The standard InChI is InChI=1S/C16H25N3O3/c1-4-17-13-7-9-18(10-8-13)15-6-5-14(19(20)21)11-16(15)22-12(2)3/h5-6,11-13,17H,4,7-10H2,1-3H3. The summed E-state index contributed by atoms with van der Waals surface area (Å²) in [6.07, 6.45) is 2.14. The smallest absolute Gasteiger partial charge is 0.273 e. The molecule has 6 nitrogen and oxygen atoms in total. The predicted molar refractivity (Wildman–Crippen MR) is 87.8 cm³/mol. The second kappa shape index (κ2) is 7.45. The van der Waals surface area contributed by atoms with E-state index in [0.717, 1.165) is 38.2 Å². The van der Waals surface area contributed by atoms with Gasteiger partial charge >= 0.3 is 0 Å². The zero-order valence-corrected chi connectivity index (χ0v) is 13.5. The van der Waals surface area contributed by atoms with Crippen LogP contribution in [0.4, 0.5) is 11.4 Å². The molecule has 2 rings (SSSR count). The number of anilines is 1. The first-order valence-corrected chi connectivity index (χ1v) is 7.94. The predicted octanol–water partition coefficient (Wildman–Crippen LogP) is 2.96. The van der Waals surface area contributed by atoms with Crippen molar-refractivity contribution >= 4 is 11.4 Å². The maximum Gasteiger partial charge on any atom is 0.273 e. The Morgan fingerprint density at radius 3 is 2.64 bits per heavy atom. The molecule has 1 saturated heterocycles. The minimum Gasteiger partial charge on any atom is -0.489 e. The van der Waals surface area contributed by atoms with Crippen LogP contribution in [-0.4, -0.2) is 36.7 Å². The van der Waals surface area contributed by atoms with Gasteiger partial charge in [0.2, 0.25) is 0 Å². The number of benzene rings is 1. The molecule has 0 aliphatic carbocycles. The van der Waals surface area contributed by atoms with Crippen molar-refractivity contribution < 1.29 is 9.66 Å². The van der Waals surface area contributed by atoms with Crippen LogP contribution in [-0.2, 0) is 0 Å². The molecule has 0 atom stereocenters. The number of nitro benzene ring substituents is 1. The molecule has 1 aliphatic rings. The lowest BCUT2D eigenvalue weighted by atomic mass is 10.0. The van der Waals surface area contributed by atoms with E-state index in [1.165, 1.54) is 6.07 Å². The topological polar surface area (TPSA) is 67.6 Å². The summed E-state index contributed by atoms with van der Waals surface area (Å²) in [5.74, 6) is 0.603. The first-order chi connectivity index (χ1) is 10.5. The second-order valence-electron chi connectivity index (χ2n) is 5.89. The van der Waals surface area contributed by atoms with E-state index in [4.69, 9.17) is 4.74 Å². The molecule has 0 aromatic heterocycles. The monoisotopic (exact) mass is 307 g/mol. The lowest BCUT2D eigenvalue weighted by Crippen LogP contribution is -2.42. The zero-order chi connectivity index (χ0) is 16.1. The highest BCUT2D eigenvalue weighted by atomic mass is 16.6. The highest BCUT2D eigenvalue weighted by Crippen LogP contribution is 2.34. The lowest BCUT2D eigenvalue weighted by Gasteiger charge is -2.35. The number of rotatable bonds is 6. The van der Waals surface area contributed by atoms with Gasteiger partial charge in [0.05, 0.1) is 22.8 Å². The molecule has 1 aromatic carbocycles. The van der Waals surface area contributed by atoms with Gasteiger partial charge in [-0.2, -0.15) is 0 Å². The van der Waals surface area contributed by atoms with Crippen LogP contribution < -0.4 is 15.0 Å². The van der Waals surface area contributed by atoms with Crippen molar-refractivity contribution in [1.82, 2.24) is 5.32 Å². The van der Waals surface area contributed by atoms with Gasteiger partial charge in [0.15, 0.2) is 0 Å². The second-order valence-corrected chi connectivity index (χ2v) is 5.89. The zero-order valence-electron chi connectivity index (χ0n) is 13.5. The van der Waals surface area contributed by atoms with E-state index >= 15 is 0 Å². The van der Waals surface area contributed by atoms with Crippen LogP contribution in [0, 0.1) is 10.1 Å². The number of hydrogen-bond donors (Lipinski definition) is 1. The molecule has 0 spiro atoms. The van der Waals surface area contributed by atoms with Gasteiger partial charge in [-0.25, -0.2) is 0 Å². The van der Waals surface area contributed by atoms with Crippen LogP contribution >= 0.6 is 0 Å². The average molecular weight is 307 g/mol. The van der Waals surface area contributed by atoms with Crippen molar-refractivity contribution in [1.29, 1.82) is 0 Å². The molecular weight excluding hydrogens is 282 g/mol. The first-order valence-electron chi connectivity index (χ1n) is 7.94. The van der Waals surface area contributed by atoms with E-state index in [2.05, 4.69) is 17.1 Å². The fourth-order valence-corrected chi connectivity index (χ4v) is 2.84. The van der Waals surface area contributed by atoms with Crippen LogP contribution in [0.15, 0.2) is 18.2 Å². The number of ether oxygens (including phenoxy) is 1. The molecule has 1 aliphatic heterocycles. The maximum atomic E-state index is 11.0. The molecule has 1 aromatic rings. The van der Waals surface area contributed by atoms with Crippen LogP contribution in [0.1, 0.15) is 33.6 Å². The Balaban J connectivity index is 2.17. The van der Waals surface area contributed by atoms with Crippen molar-refractivity contribution in [3.05, 3.63) is 28.3 Å². The van der Waals surface area contributed by atoms with Gasteiger partial charge in [0.25, 0.3) is 5.69 Å². The van der Waals surface area contributed by atoms with Crippen LogP contribution in [0.2, 0.25) is 0 Å². The number of nitrogens with zero attached hydrogens (tertiary/aromatic N) is 2. The van der Waals surface area contributed by atoms with Gasteiger partial charge in [-0.15, -0.1) is 0 Å². The number of nitrogens with one attached hydrogen (secondary N) is 1. The molecule has 0 bridgehead atoms. The Labute approximate surface area is 131 Å². The van der Waals surface area contributed by atoms with Gasteiger partial charge in [-0.3, -0.25) is 10.1 Å². The third-order valence-electron chi connectivity index (χ3n) is 3.85. The van der Waals surface area contributed by atoms with E-state index in [1.807, 2.05) is 19.9 Å². The summed E-state index contributed by atoms with van der Waals surface area (Å²) >= 11 is 0. The minimum absolute atomic E-state index is 0.0138. The van der Waals surface area contributed by atoms with Gasteiger partial charge in [-0.1, -0.05) is 6.92 Å². The van der Waals surface area contributed by atoms with Crippen molar-refractivity contribution in [3.8, 4) is 5.75 Å². The van der Waals surface area contributed by atoms with E-state index in [1.54, 1.807) is 6.07 Å². The molecule has 22 heavy (non-hydrogen) atoms. The molecular formula is C16H25N3O3. The van der Waals surface area contributed by atoms with E-state index in [9.17, 15) is 10.1 Å². The summed E-state index contributed by atoms with van der Waals surface area (Å²) in [6, 6.07) is 5.46. The summed E-state index contributed by atoms with van der Waals surface area (Å²) in [4.78, 5) is 12.8. The Morgan fingerprint density at radius 2 is 2.09 bits per heavy atom. The van der Waals surface area contributed by atoms with Gasteiger partial charge in [-0.05, 0) is 39.3 Å². The fourth-order valence-electron chi connectivity index (χ4n) is 2.84. The molecule has 1 fully saturated rings. The van der Waals surface area contributed by atoms with Crippen LogP contribution in [0.25, 0.3) is 0 Å². The molecule has 0 radical (unpaired) electrons. The summed E-state index contributed by atoms with van der Waals surface area (Å²) in [6.45, 7) is 8.84. The Morgan fingerprint density at radius 1 is 1.41 bits per heavy atom. The maximum absolute atomic E-state index is 11.0. The van der Waals surface area contributed by atoms with E-state index < -0.39 is 0 Å². The van der Waals surface area contributed by atoms with Crippen molar-refractivity contribution in [3.63, 3.8) is 0 Å². The summed E-state index contributed by atoms with van der Waals surface area (Å²) in [5, 5.41) is 14.4. The Hall–Kier alpha value is -1.82. The largest absolute Gasteiger partial charge is 0.489 e. The summed E-state index contributed by atoms with van der Waals surface area (Å²) in [7, 11) is 0. The highest BCUT2D eigenvalue weighted by molar-refractivity contribution is 5.62. The Kier molecular flexibility index (Phi) is 5.60. The number of piperidine rings is 1. The number of hydrogen-bond acceptors (Lipinski definition) is 5. The average Bonchev–Trinajstić information content (AvgIpc) is 2.48. The van der Waals surface area contributed by atoms with Crippen molar-refractivity contribution in [2.45, 2.75) is 45.8 Å². The quantitative estimate of drug-likeness (QED) is 0.646. The summed E-state index contributed by atoms with van der Waals surface area (Å²) < 4.78 is 5.80. The molecule has 1 heterocycles. The Bertz CT molecular complexity index is 511. The lowest BCUT2D eigenvalue weighted by molar-refractivity contribution is -0.384. The minimum atomic E-state index is -0.381. The third-order valence-corrected chi connectivity index (χ3v) is 3.85. The first kappa shape index (κ1) is 16.5. The van der Waals surface area contributed by atoms with Gasteiger partial charge in [0, 0.05) is 25.2 Å². The number of nitro groups is 1. The van der Waals surface area contributed by atoms with Crippen molar-refractivity contribution in [2.24, 2.45) is 0 Å². The normalized spacial score (nSPS) is 16.1. The SMILES string of the molecule is CCNC1CCN(c2ccc([N+](=O)[O-])cc2OC(C)C)CC1. The number of non-ortho nitro benzene ring substituents is 1. The van der Waals surface area contributed by atoms with Gasteiger partial charge in [0.1, 0.15) is 5.75 Å². The van der Waals surface area contributed by atoms with E-state index in [-0.39, 0.29) is 16.7 Å². The highest BCUT2D eigenvalue weighted by Gasteiger charge is 2.22. The van der Waals surface area contributed by atoms with E-state index in [0.29, 0.717) is 11.8 Å². The molecule has 6 heteroatoms. The third kappa shape index (κ3) is 4.10. The molecule has 122 valence electrons. The molecule has 0 saturated carbocycles. The molecule has 1 N–H and O–H groups in total.